The monoisotopic (exact) mass is 281 g/mol. The number of nitrogens with one attached hydrogen (secondary N) is 1. The Morgan fingerprint density at radius 3 is 2.62 bits per heavy atom. The van der Waals surface area contributed by atoms with Crippen molar-refractivity contribution in [1.82, 2.24) is 9.97 Å². The highest BCUT2D eigenvalue weighted by atomic mass is 15.2. The van der Waals surface area contributed by atoms with E-state index >= 15 is 0 Å². The minimum atomic E-state index is 0.441. The standard InChI is InChI=1S/C16H19N5/c1-3-14-15(18-2)19-12-20-16(14)21(11-7-10-17)13-8-5-4-6-9-13/h4-6,8-9,12H,3,7,11H2,1-2H3,(H,18,19,20). The molecule has 0 unspecified atom stereocenters. The molecule has 1 aromatic heterocycles. The van der Waals surface area contributed by atoms with E-state index in [2.05, 4.69) is 33.2 Å². The number of nitrogens with zero attached hydrogens (tertiary/aromatic N) is 4. The fourth-order valence-electron chi connectivity index (χ4n) is 2.30. The van der Waals surface area contributed by atoms with Crippen LogP contribution in [-0.4, -0.2) is 23.6 Å². The van der Waals surface area contributed by atoms with Crippen LogP contribution < -0.4 is 10.2 Å². The topological polar surface area (TPSA) is 64.8 Å². The van der Waals surface area contributed by atoms with Gasteiger partial charge in [0.1, 0.15) is 18.0 Å². The number of benzene rings is 1. The van der Waals surface area contributed by atoms with E-state index in [0.717, 1.165) is 29.3 Å². The Morgan fingerprint density at radius 1 is 1.24 bits per heavy atom. The van der Waals surface area contributed by atoms with Gasteiger partial charge in [-0.3, -0.25) is 0 Å². The van der Waals surface area contributed by atoms with Crippen LogP contribution in [-0.2, 0) is 6.42 Å². The van der Waals surface area contributed by atoms with Crippen molar-refractivity contribution in [1.29, 1.82) is 5.26 Å². The third-order valence-corrected chi connectivity index (χ3v) is 3.28. The lowest BCUT2D eigenvalue weighted by atomic mass is 10.1. The first kappa shape index (κ1) is 14.8. The highest BCUT2D eigenvalue weighted by Crippen LogP contribution is 2.29. The number of nitriles is 1. The molecule has 0 radical (unpaired) electrons. The van der Waals surface area contributed by atoms with Gasteiger partial charge in [0, 0.05) is 24.8 Å². The third-order valence-electron chi connectivity index (χ3n) is 3.28. The molecule has 1 heterocycles. The first-order valence-corrected chi connectivity index (χ1v) is 7.03. The summed E-state index contributed by atoms with van der Waals surface area (Å²) in [4.78, 5) is 10.8. The molecule has 1 N–H and O–H groups in total. The van der Waals surface area contributed by atoms with Gasteiger partial charge in [0.2, 0.25) is 0 Å². The summed E-state index contributed by atoms with van der Waals surface area (Å²) in [6.07, 6.45) is 2.82. The SMILES string of the molecule is CCc1c(NC)ncnc1N(CCC#N)c1ccccc1. The molecule has 21 heavy (non-hydrogen) atoms. The van der Waals surface area contributed by atoms with Gasteiger partial charge in [0.05, 0.1) is 12.5 Å². The smallest absolute Gasteiger partial charge is 0.141 e. The molecular weight excluding hydrogens is 262 g/mol. The van der Waals surface area contributed by atoms with Crippen molar-refractivity contribution in [2.45, 2.75) is 19.8 Å². The Balaban J connectivity index is 2.49. The number of hydrogen-bond donors (Lipinski definition) is 1. The van der Waals surface area contributed by atoms with Crippen LogP contribution in [0.5, 0.6) is 0 Å². The molecule has 5 heteroatoms. The van der Waals surface area contributed by atoms with Gasteiger partial charge in [-0.25, -0.2) is 9.97 Å². The fraction of sp³-hybridized carbons (Fsp3) is 0.312. The summed E-state index contributed by atoms with van der Waals surface area (Å²) in [5, 5.41) is 12.0. The lowest BCUT2D eigenvalue weighted by Gasteiger charge is -2.25. The van der Waals surface area contributed by atoms with Crippen LogP contribution in [0.25, 0.3) is 0 Å². The maximum atomic E-state index is 8.91. The maximum absolute atomic E-state index is 8.91. The van der Waals surface area contributed by atoms with Crippen LogP contribution >= 0.6 is 0 Å². The molecule has 5 nitrogen and oxygen atoms in total. The number of hydrogen-bond acceptors (Lipinski definition) is 5. The van der Waals surface area contributed by atoms with E-state index < -0.39 is 0 Å². The van der Waals surface area contributed by atoms with E-state index in [-0.39, 0.29) is 0 Å². The van der Waals surface area contributed by atoms with Crippen LogP contribution in [0.1, 0.15) is 18.9 Å². The van der Waals surface area contributed by atoms with Gasteiger partial charge in [-0.05, 0) is 18.6 Å². The zero-order valence-corrected chi connectivity index (χ0v) is 12.4. The summed E-state index contributed by atoms with van der Waals surface area (Å²) in [5.41, 5.74) is 2.09. The highest BCUT2D eigenvalue weighted by Gasteiger charge is 2.17. The van der Waals surface area contributed by atoms with Gasteiger partial charge in [0.15, 0.2) is 0 Å². The van der Waals surface area contributed by atoms with Gasteiger partial charge in [-0.1, -0.05) is 25.1 Å². The summed E-state index contributed by atoms with van der Waals surface area (Å²) >= 11 is 0. The first-order chi connectivity index (χ1) is 10.3. The molecule has 0 fully saturated rings. The summed E-state index contributed by atoms with van der Waals surface area (Å²) in [6, 6.07) is 12.2. The molecule has 0 amide bonds. The molecule has 0 saturated carbocycles. The van der Waals surface area contributed by atoms with Crippen LogP contribution in [0, 0.1) is 11.3 Å². The zero-order valence-electron chi connectivity index (χ0n) is 12.4. The van der Waals surface area contributed by atoms with E-state index in [4.69, 9.17) is 5.26 Å². The van der Waals surface area contributed by atoms with Gasteiger partial charge in [-0.2, -0.15) is 5.26 Å². The molecule has 1 aromatic carbocycles. The van der Waals surface area contributed by atoms with E-state index in [1.807, 2.05) is 37.4 Å². The Hall–Kier alpha value is -2.61. The second kappa shape index (κ2) is 7.25. The van der Waals surface area contributed by atoms with Gasteiger partial charge in [0.25, 0.3) is 0 Å². The summed E-state index contributed by atoms with van der Waals surface area (Å²) in [6.45, 7) is 2.68. The predicted molar refractivity (Wildman–Crippen MR) is 84.6 cm³/mol. The molecule has 0 spiro atoms. The fourth-order valence-corrected chi connectivity index (χ4v) is 2.30. The molecule has 0 aliphatic carbocycles. The Morgan fingerprint density at radius 2 is 2.00 bits per heavy atom. The van der Waals surface area contributed by atoms with Crippen molar-refractivity contribution in [3.05, 3.63) is 42.2 Å². The predicted octanol–water partition coefficient (Wildman–Crippen LogP) is 3.13. The van der Waals surface area contributed by atoms with Crippen molar-refractivity contribution in [2.24, 2.45) is 0 Å². The lowest BCUT2D eigenvalue weighted by molar-refractivity contribution is 0.900. The number of aromatic nitrogens is 2. The zero-order chi connectivity index (χ0) is 15.1. The number of rotatable bonds is 6. The van der Waals surface area contributed by atoms with Crippen molar-refractivity contribution in [3.8, 4) is 6.07 Å². The van der Waals surface area contributed by atoms with Crippen LogP contribution in [0.15, 0.2) is 36.7 Å². The van der Waals surface area contributed by atoms with Crippen LogP contribution in [0.4, 0.5) is 17.3 Å². The quantitative estimate of drug-likeness (QED) is 0.881. The molecular formula is C16H19N5. The van der Waals surface area contributed by atoms with E-state index in [1.165, 1.54) is 0 Å². The molecule has 2 aromatic rings. The Bertz CT molecular complexity index is 618. The largest absolute Gasteiger partial charge is 0.373 e. The van der Waals surface area contributed by atoms with Crippen LogP contribution in [0.2, 0.25) is 0 Å². The summed E-state index contributed by atoms with van der Waals surface area (Å²) in [5.74, 6) is 1.69. The van der Waals surface area contributed by atoms with Crippen molar-refractivity contribution < 1.29 is 0 Å². The van der Waals surface area contributed by atoms with Crippen LogP contribution in [0.3, 0.4) is 0 Å². The maximum Gasteiger partial charge on any atom is 0.141 e. The van der Waals surface area contributed by atoms with Gasteiger partial charge in [-0.15, -0.1) is 0 Å². The average molecular weight is 281 g/mol. The normalized spacial score (nSPS) is 9.95. The first-order valence-electron chi connectivity index (χ1n) is 7.03. The molecule has 2 rings (SSSR count). The molecule has 0 bridgehead atoms. The van der Waals surface area contributed by atoms with Gasteiger partial charge < -0.3 is 10.2 Å². The molecule has 108 valence electrons. The highest BCUT2D eigenvalue weighted by molar-refractivity contribution is 5.67. The second-order valence-corrected chi connectivity index (χ2v) is 4.52. The van der Waals surface area contributed by atoms with E-state index in [1.54, 1.807) is 6.33 Å². The van der Waals surface area contributed by atoms with E-state index in [0.29, 0.717) is 13.0 Å². The minimum Gasteiger partial charge on any atom is -0.373 e. The molecule has 0 aliphatic rings. The van der Waals surface area contributed by atoms with Crippen molar-refractivity contribution in [3.63, 3.8) is 0 Å². The average Bonchev–Trinajstić information content (AvgIpc) is 2.55. The van der Waals surface area contributed by atoms with Crippen molar-refractivity contribution >= 4 is 17.3 Å². The summed E-state index contributed by atoms with van der Waals surface area (Å²) in [7, 11) is 1.85. The minimum absolute atomic E-state index is 0.441. The second-order valence-electron chi connectivity index (χ2n) is 4.52. The number of para-hydroxylation sites is 1. The van der Waals surface area contributed by atoms with Gasteiger partial charge >= 0.3 is 0 Å². The molecule has 0 saturated heterocycles. The lowest BCUT2D eigenvalue weighted by Crippen LogP contribution is -2.21. The molecule has 0 atom stereocenters. The Labute approximate surface area is 125 Å². The third kappa shape index (κ3) is 3.29. The van der Waals surface area contributed by atoms with Crippen molar-refractivity contribution in [2.75, 3.05) is 23.8 Å². The Kier molecular flexibility index (Phi) is 5.10. The summed E-state index contributed by atoms with van der Waals surface area (Å²) < 4.78 is 0. The number of anilines is 3. The van der Waals surface area contributed by atoms with E-state index in [9.17, 15) is 0 Å². The molecule has 0 aliphatic heterocycles.